The Morgan fingerprint density at radius 1 is 1.06 bits per heavy atom. The first kappa shape index (κ1) is 12.6. The summed E-state index contributed by atoms with van der Waals surface area (Å²) < 4.78 is 0.922. The van der Waals surface area contributed by atoms with Crippen molar-refractivity contribution in [3.63, 3.8) is 0 Å². The molecule has 0 amide bonds. The van der Waals surface area contributed by atoms with Crippen LogP contribution in [0.25, 0.3) is 0 Å². The van der Waals surface area contributed by atoms with Gasteiger partial charge in [0, 0.05) is 16.1 Å². The van der Waals surface area contributed by atoms with E-state index in [1.165, 1.54) is 12.1 Å². The van der Waals surface area contributed by atoms with Crippen molar-refractivity contribution < 1.29 is 15.0 Å². The van der Waals surface area contributed by atoms with E-state index in [-0.39, 0.29) is 11.5 Å². The third kappa shape index (κ3) is 2.54. The highest BCUT2D eigenvalue weighted by molar-refractivity contribution is 9.10. The molecule has 0 heterocycles. The molecule has 18 heavy (non-hydrogen) atoms. The van der Waals surface area contributed by atoms with Crippen LogP contribution in [0.4, 0.5) is 0 Å². The number of aldehydes is 1. The van der Waals surface area contributed by atoms with E-state index in [4.69, 9.17) is 0 Å². The van der Waals surface area contributed by atoms with Crippen LogP contribution in [-0.4, -0.2) is 16.5 Å². The van der Waals surface area contributed by atoms with Crippen LogP contribution in [0.5, 0.6) is 11.5 Å². The van der Waals surface area contributed by atoms with Gasteiger partial charge >= 0.3 is 0 Å². The third-order valence-electron chi connectivity index (χ3n) is 2.71. The summed E-state index contributed by atoms with van der Waals surface area (Å²) in [5.74, 6) is -0.662. The molecular formula is C14H11BrO3. The minimum absolute atomic E-state index is 0.0308. The highest BCUT2D eigenvalue weighted by Crippen LogP contribution is 2.32. The Morgan fingerprint density at radius 3 is 2.28 bits per heavy atom. The minimum atomic E-state index is -0.543. The second-order valence-corrected chi connectivity index (χ2v) is 4.82. The maximum Gasteiger partial charge on any atom is 0.131 e. The quantitative estimate of drug-likeness (QED) is 0.856. The Kier molecular flexibility index (Phi) is 3.67. The van der Waals surface area contributed by atoms with E-state index < -0.39 is 5.92 Å². The van der Waals surface area contributed by atoms with Gasteiger partial charge in [-0.25, -0.2) is 0 Å². The van der Waals surface area contributed by atoms with Gasteiger partial charge in [-0.3, -0.25) is 0 Å². The molecule has 2 N–H and O–H groups in total. The van der Waals surface area contributed by atoms with Gasteiger partial charge < -0.3 is 15.0 Å². The molecule has 2 aromatic carbocycles. The summed E-state index contributed by atoms with van der Waals surface area (Å²) in [5.41, 5.74) is 1.26. The molecule has 0 bridgehead atoms. The summed E-state index contributed by atoms with van der Waals surface area (Å²) in [6, 6.07) is 11.5. The molecule has 0 radical (unpaired) electrons. The summed E-state index contributed by atoms with van der Waals surface area (Å²) in [6.07, 6.45) is 0.773. The molecule has 0 aromatic heterocycles. The number of halogens is 1. The van der Waals surface area contributed by atoms with E-state index in [2.05, 4.69) is 15.9 Å². The van der Waals surface area contributed by atoms with Crippen LogP contribution in [0.2, 0.25) is 0 Å². The number of phenols is 2. The molecule has 1 unspecified atom stereocenters. The SMILES string of the molecule is O=CC(c1ccc(Br)cc1)c1ccc(O)cc1O. The first-order valence-electron chi connectivity index (χ1n) is 5.34. The van der Waals surface area contributed by atoms with Gasteiger partial charge in [-0.2, -0.15) is 0 Å². The van der Waals surface area contributed by atoms with Crippen LogP contribution >= 0.6 is 15.9 Å². The van der Waals surface area contributed by atoms with E-state index >= 15 is 0 Å². The largest absolute Gasteiger partial charge is 0.508 e. The highest BCUT2D eigenvalue weighted by atomic mass is 79.9. The van der Waals surface area contributed by atoms with Crippen molar-refractivity contribution in [2.75, 3.05) is 0 Å². The molecule has 92 valence electrons. The first-order valence-corrected chi connectivity index (χ1v) is 6.13. The van der Waals surface area contributed by atoms with Crippen LogP contribution in [-0.2, 0) is 4.79 Å². The standard InChI is InChI=1S/C14H11BrO3/c15-10-3-1-9(2-4-10)13(8-16)12-6-5-11(17)7-14(12)18/h1-8,13,17-18H. The van der Waals surface area contributed by atoms with Gasteiger partial charge in [0.1, 0.15) is 17.8 Å². The number of aromatic hydroxyl groups is 2. The normalized spacial score (nSPS) is 12.1. The Morgan fingerprint density at radius 2 is 1.72 bits per heavy atom. The van der Waals surface area contributed by atoms with Crippen molar-refractivity contribution in [3.05, 3.63) is 58.1 Å². The van der Waals surface area contributed by atoms with Crippen molar-refractivity contribution in [1.82, 2.24) is 0 Å². The predicted molar refractivity (Wildman–Crippen MR) is 71.8 cm³/mol. The van der Waals surface area contributed by atoms with E-state index in [1.54, 1.807) is 6.07 Å². The maximum atomic E-state index is 11.2. The van der Waals surface area contributed by atoms with Gasteiger partial charge in [0.15, 0.2) is 0 Å². The maximum absolute atomic E-state index is 11.2. The average molecular weight is 307 g/mol. The second-order valence-electron chi connectivity index (χ2n) is 3.91. The molecule has 4 heteroatoms. The first-order chi connectivity index (χ1) is 8.61. The van der Waals surface area contributed by atoms with Crippen molar-refractivity contribution in [2.45, 2.75) is 5.92 Å². The van der Waals surface area contributed by atoms with Crippen molar-refractivity contribution in [2.24, 2.45) is 0 Å². The Labute approximate surface area is 113 Å². The fourth-order valence-corrected chi connectivity index (χ4v) is 2.06. The Bertz CT molecular complexity index is 564. The highest BCUT2D eigenvalue weighted by Gasteiger charge is 2.17. The van der Waals surface area contributed by atoms with Crippen LogP contribution in [0.3, 0.4) is 0 Å². The lowest BCUT2D eigenvalue weighted by molar-refractivity contribution is -0.108. The second kappa shape index (κ2) is 5.23. The molecule has 0 aliphatic carbocycles. The van der Waals surface area contributed by atoms with Crippen molar-refractivity contribution in [3.8, 4) is 11.5 Å². The van der Waals surface area contributed by atoms with Crippen LogP contribution < -0.4 is 0 Å². The summed E-state index contributed by atoms with van der Waals surface area (Å²) in [7, 11) is 0. The number of rotatable bonds is 3. The number of phenolic OH excluding ortho intramolecular Hbond substituents is 2. The molecule has 1 atom stereocenters. The molecule has 0 spiro atoms. The zero-order chi connectivity index (χ0) is 13.1. The lowest BCUT2D eigenvalue weighted by Crippen LogP contribution is -2.02. The summed E-state index contributed by atoms with van der Waals surface area (Å²) in [6.45, 7) is 0. The summed E-state index contributed by atoms with van der Waals surface area (Å²) in [5, 5.41) is 19.0. The minimum Gasteiger partial charge on any atom is -0.508 e. The lowest BCUT2D eigenvalue weighted by atomic mass is 9.92. The average Bonchev–Trinajstić information content (AvgIpc) is 2.35. The summed E-state index contributed by atoms with van der Waals surface area (Å²) in [4.78, 5) is 11.2. The number of hydrogen-bond acceptors (Lipinski definition) is 3. The zero-order valence-electron chi connectivity index (χ0n) is 9.38. The van der Waals surface area contributed by atoms with Crippen molar-refractivity contribution >= 4 is 22.2 Å². The molecule has 2 aromatic rings. The zero-order valence-corrected chi connectivity index (χ0v) is 11.0. The van der Waals surface area contributed by atoms with E-state index in [0.29, 0.717) is 5.56 Å². The third-order valence-corrected chi connectivity index (χ3v) is 3.24. The molecule has 2 rings (SSSR count). The topological polar surface area (TPSA) is 57.5 Å². The molecular weight excluding hydrogens is 296 g/mol. The molecule has 0 aliphatic rings. The van der Waals surface area contributed by atoms with Crippen molar-refractivity contribution in [1.29, 1.82) is 0 Å². The number of hydrogen-bond donors (Lipinski definition) is 2. The molecule has 0 saturated heterocycles. The number of benzene rings is 2. The van der Waals surface area contributed by atoms with Crippen LogP contribution in [0, 0.1) is 0 Å². The van der Waals surface area contributed by atoms with Gasteiger partial charge in [0.25, 0.3) is 0 Å². The fourth-order valence-electron chi connectivity index (χ4n) is 1.80. The molecule has 3 nitrogen and oxygen atoms in total. The molecule has 0 saturated carbocycles. The van der Waals surface area contributed by atoms with Gasteiger partial charge in [-0.15, -0.1) is 0 Å². The molecule has 0 fully saturated rings. The monoisotopic (exact) mass is 306 g/mol. The fraction of sp³-hybridized carbons (Fsp3) is 0.0714. The summed E-state index contributed by atoms with van der Waals surface area (Å²) >= 11 is 3.33. The van der Waals surface area contributed by atoms with E-state index in [0.717, 1.165) is 16.3 Å². The smallest absolute Gasteiger partial charge is 0.131 e. The van der Waals surface area contributed by atoms with Crippen LogP contribution in [0.15, 0.2) is 46.9 Å². The van der Waals surface area contributed by atoms with Gasteiger partial charge in [-0.1, -0.05) is 34.1 Å². The van der Waals surface area contributed by atoms with Crippen LogP contribution in [0.1, 0.15) is 17.0 Å². The van der Waals surface area contributed by atoms with Gasteiger partial charge in [0.2, 0.25) is 0 Å². The Balaban J connectivity index is 2.45. The van der Waals surface area contributed by atoms with Gasteiger partial charge in [-0.05, 0) is 23.8 Å². The predicted octanol–water partition coefficient (Wildman–Crippen LogP) is 3.19. The van der Waals surface area contributed by atoms with E-state index in [9.17, 15) is 15.0 Å². The van der Waals surface area contributed by atoms with Gasteiger partial charge in [0.05, 0.1) is 5.92 Å². The lowest BCUT2D eigenvalue weighted by Gasteiger charge is -2.13. The number of carbonyl (C=O) groups is 1. The molecule has 0 aliphatic heterocycles. The Hall–Kier alpha value is -1.81. The number of carbonyl (C=O) groups excluding carboxylic acids is 1. The van der Waals surface area contributed by atoms with E-state index in [1.807, 2.05) is 24.3 Å².